The number of ketones is 1. The van der Waals surface area contributed by atoms with Crippen LogP contribution in [0.5, 0.6) is 5.75 Å². The van der Waals surface area contributed by atoms with E-state index in [-0.39, 0.29) is 21.4 Å². The molecule has 0 heterocycles. The molecule has 0 bridgehead atoms. The molecule has 0 aliphatic heterocycles. The van der Waals surface area contributed by atoms with Gasteiger partial charge >= 0.3 is 83.0 Å². The molecule has 1 unspecified atom stereocenters. The van der Waals surface area contributed by atoms with Crippen LogP contribution in [0.1, 0.15) is 17.3 Å². The van der Waals surface area contributed by atoms with Gasteiger partial charge in [0.25, 0.3) is 0 Å². The molecule has 0 radical (unpaired) electrons. The molecule has 0 saturated carbocycles. The Labute approximate surface area is 83.4 Å². The molecule has 0 fully saturated rings. The van der Waals surface area contributed by atoms with Crippen molar-refractivity contribution in [1.82, 2.24) is 0 Å². The van der Waals surface area contributed by atoms with Gasteiger partial charge in [0.1, 0.15) is 0 Å². The molecule has 1 rings (SSSR count). The van der Waals surface area contributed by atoms with Crippen LogP contribution in [0.3, 0.4) is 0 Å². The predicted octanol–water partition coefficient (Wildman–Crippen LogP) is -0.878. The Morgan fingerprint density at radius 1 is 1.50 bits per heavy atom. The number of Topliss-reactive ketones (excluding diaryl/α,β-unsaturated/α-hetero) is 1. The van der Waals surface area contributed by atoms with E-state index in [4.69, 9.17) is 8.75 Å². The molecule has 0 aliphatic carbocycles. The molecule has 1 aromatic carbocycles. The first-order chi connectivity index (χ1) is 6.32. The summed E-state index contributed by atoms with van der Waals surface area (Å²) >= 11 is -4.48. The number of nitrogens with two attached hydrogens (primary N) is 1. The van der Waals surface area contributed by atoms with E-state index in [1.165, 1.54) is 19.1 Å². The molecule has 1 aromatic rings. The Morgan fingerprint density at radius 2 is 2.07 bits per heavy atom. The van der Waals surface area contributed by atoms with E-state index in [9.17, 15) is 13.6 Å². The van der Waals surface area contributed by atoms with Gasteiger partial charge in [-0.25, -0.2) is 0 Å². The predicted molar refractivity (Wildman–Crippen MR) is 50.6 cm³/mol. The standard InChI is InChI=1S/C8H10AsNO4/c1-5(11)7-4-6(9(10,13)14)2-3-8(7)12/h2-4,12H,1H3,(H3,10,13,14). The third-order valence-electron chi connectivity index (χ3n) is 1.73. The van der Waals surface area contributed by atoms with Crippen molar-refractivity contribution in [2.24, 2.45) is 4.65 Å². The number of carbonyl (C=O) groups is 1. The third-order valence-corrected chi connectivity index (χ3v) is 3.87. The maximum absolute atomic E-state index is 11.1. The normalized spacial score (nSPS) is 14.8. The van der Waals surface area contributed by atoms with Gasteiger partial charge in [0.2, 0.25) is 0 Å². The zero-order chi connectivity index (χ0) is 10.9. The van der Waals surface area contributed by atoms with Crippen LogP contribution in [0.4, 0.5) is 0 Å². The van der Waals surface area contributed by atoms with Crippen molar-refractivity contribution in [3.8, 4) is 5.75 Å². The number of rotatable bonds is 2. The van der Waals surface area contributed by atoms with Crippen molar-refractivity contribution in [3.05, 3.63) is 23.8 Å². The second-order valence-corrected chi connectivity index (χ2v) is 6.58. The van der Waals surface area contributed by atoms with Crippen LogP contribution in [0.2, 0.25) is 0 Å². The Kier molecular flexibility index (Phi) is 2.85. The molecule has 0 spiro atoms. The molecule has 5 nitrogen and oxygen atoms in total. The average Bonchev–Trinajstić information content (AvgIpc) is 2.02. The van der Waals surface area contributed by atoms with Crippen LogP contribution in [0.25, 0.3) is 0 Å². The van der Waals surface area contributed by atoms with E-state index in [2.05, 4.69) is 0 Å². The first-order valence-electron chi connectivity index (χ1n) is 3.78. The molecule has 0 amide bonds. The van der Waals surface area contributed by atoms with E-state index in [0.29, 0.717) is 0 Å². The number of phenolic OH excluding ortho intramolecular Hbond substituents is 1. The molecule has 6 heteroatoms. The van der Waals surface area contributed by atoms with Gasteiger partial charge in [-0.2, -0.15) is 0 Å². The maximum atomic E-state index is 11.1. The second-order valence-electron chi connectivity index (χ2n) is 2.88. The quantitative estimate of drug-likeness (QED) is 0.473. The van der Waals surface area contributed by atoms with E-state index in [1.807, 2.05) is 0 Å². The van der Waals surface area contributed by atoms with Gasteiger partial charge in [-0.1, -0.05) is 0 Å². The molecule has 4 N–H and O–H groups in total. The van der Waals surface area contributed by atoms with Crippen LogP contribution < -0.4 is 9.00 Å². The van der Waals surface area contributed by atoms with Gasteiger partial charge in [-0.3, -0.25) is 0 Å². The molecular formula is C8H10AsNO4. The zero-order valence-electron chi connectivity index (χ0n) is 7.47. The summed E-state index contributed by atoms with van der Waals surface area (Å²) in [5.41, 5.74) is 0.00336. The summed E-state index contributed by atoms with van der Waals surface area (Å²) < 4.78 is 25.3. The third kappa shape index (κ3) is 2.26. The van der Waals surface area contributed by atoms with Gasteiger partial charge in [-0.05, 0) is 0 Å². The fraction of sp³-hybridized carbons (Fsp3) is 0.125. The summed E-state index contributed by atoms with van der Waals surface area (Å²) in [5, 5.41) is 9.24. The number of aromatic hydroxyl groups is 1. The van der Waals surface area contributed by atoms with Crippen LogP contribution in [-0.4, -0.2) is 29.0 Å². The fourth-order valence-corrected chi connectivity index (χ4v) is 2.27. The number of hydrogen-bond donors (Lipinski definition) is 3. The Bertz CT molecular complexity index is 423. The van der Waals surface area contributed by atoms with Crippen molar-refractivity contribution in [2.75, 3.05) is 0 Å². The Balaban J connectivity index is 3.34. The Morgan fingerprint density at radius 3 is 2.50 bits per heavy atom. The number of benzene rings is 1. The van der Waals surface area contributed by atoms with E-state index < -0.39 is 14.1 Å². The fourth-order valence-electron chi connectivity index (χ4n) is 1.01. The van der Waals surface area contributed by atoms with E-state index >= 15 is 0 Å². The van der Waals surface area contributed by atoms with Crippen molar-refractivity contribution in [3.63, 3.8) is 0 Å². The van der Waals surface area contributed by atoms with Gasteiger partial charge in [-0.15, -0.1) is 0 Å². The summed E-state index contributed by atoms with van der Waals surface area (Å²) in [4.78, 5) is 11.0. The molecule has 76 valence electrons. The molecule has 1 atom stereocenters. The number of phenols is 1. The van der Waals surface area contributed by atoms with Crippen molar-refractivity contribution >= 4 is 24.2 Å². The van der Waals surface area contributed by atoms with Crippen LogP contribution in [0.15, 0.2) is 18.2 Å². The molecule has 14 heavy (non-hydrogen) atoms. The first-order valence-corrected chi connectivity index (χ1v) is 7.41. The first kappa shape index (κ1) is 11.0. The Hall–Kier alpha value is -1.03. The van der Waals surface area contributed by atoms with Gasteiger partial charge < -0.3 is 0 Å². The van der Waals surface area contributed by atoms with Crippen molar-refractivity contribution < 1.29 is 17.7 Å². The molecule has 0 aliphatic rings. The van der Waals surface area contributed by atoms with Crippen LogP contribution in [-0.2, 0) is 3.74 Å². The SMILES string of the molecule is CC(=O)c1cc([As](N)(=O)O)ccc1O. The molecule has 0 saturated heterocycles. The zero-order valence-corrected chi connectivity index (χ0v) is 9.34. The van der Waals surface area contributed by atoms with Crippen LogP contribution >= 0.6 is 0 Å². The van der Waals surface area contributed by atoms with Gasteiger partial charge in [0, 0.05) is 0 Å². The van der Waals surface area contributed by atoms with Gasteiger partial charge in [0.05, 0.1) is 0 Å². The minimum absolute atomic E-state index is 0.00336. The summed E-state index contributed by atoms with van der Waals surface area (Å²) in [5.74, 6) is -0.599. The summed E-state index contributed by atoms with van der Waals surface area (Å²) in [6.45, 7) is 1.25. The van der Waals surface area contributed by atoms with Crippen molar-refractivity contribution in [2.45, 2.75) is 6.92 Å². The number of carbonyl (C=O) groups excluding carboxylic acids is 1. The summed E-state index contributed by atoms with van der Waals surface area (Å²) in [7, 11) is 0. The second kappa shape index (κ2) is 3.61. The minimum atomic E-state index is -4.48. The summed E-state index contributed by atoms with van der Waals surface area (Å²) in [6.07, 6.45) is 0. The summed E-state index contributed by atoms with van der Waals surface area (Å²) in [6, 6.07) is 3.57. The average molecular weight is 259 g/mol. The van der Waals surface area contributed by atoms with E-state index in [1.54, 1.807) is 0 Å². The monoisotopic (exact) mass is 259 g/mol. The topological polar surface area (TPSA) is 101 Å². The molecular weight excluding hydrogens is 249 g/mol. The number of hydrogen-bond acceptors (Lipinski definition) is 3. The van der Waals surface area contributed by atoms with E-state index in [0.717, 1.165) is 6.07 Å². The van der Waals surface area contributed by atoms with Gasteiger partial charge in [0.15, 0.2) is 0 Å². The molecule has 0 aromatic heterocycles. The van der Waals surface area contributed by atoms with Crippen molar-refractivity contribution in [1.29, 1.82) is 0 Å². The van der Waals surface area contributed by atoms with Crippen LogP contribution in [0, 0.1) is 0 Å².